The van der Waals surface area contributed by atoms with Gasteiger partial charge in [0.05, 0.1) is 0 Å². The summed E-state index contributed by atoms with van der Waals surface area (Å²) in [5.41, 5.74) is 4.64. The number of rotatable bonds is 3. The average Bonchev–Trinajstić information content (AvgIpc) is 2.41. The minimum absolute atomic E-state index is 0.153. The molecule has 2 N–H and O–H groups in total. The number of carbonyl (C=O) groups is 1. The van der Waals surface area contributed by atoms with Gasteiger partial charge in [0.1, 0.15) is 0 Å². The maximum atomic E-state index is 12.4. The number of hydrogen-bond acceptors (Lipinski definition) is 2. The van der Waals surface area contributed by atoms with Gasteiger partial charge >= 0.3 is 0 Å². The van der Waals surface area contributed by atoms with Crippen molar-refractivity contribution in [1.29, 1.82) is 0 Å². The number of aryl methyl sites for hydroxylation is 3. The Morgan fingerprint density at radius 3 is 2.50 bits per heavy atom. The van der Waals surface area contributed by atoms with Crippen LogP contribution in [0, 0.1) is 27.7 Å². The van der Waals surface area contributed by atoms with E-state index in [1.807, 2.05) is 45.9 Å². The highest BCUT2D eigenvalue weighted by molar-refractivity contribution is 9.10. The van der Waals surface area contributed by atoms with Crippen LogP contribution in [0.1, 0.15) is 38.3 Å². The number of halogens is 1. The highest BCUT2D eigenvalue weighted by Gasteiger charge is 2.13. The number of carbonyl (C=O) groups excluding carboxylic acids is 1. The van der Waals surface area contributed by atoms with Crippen LogP contribution in [0.25, 0.3) is 0 Å². The number of aromatic nitrogens is 1. The summed E-state index contributed by atoms with van der Waals surface area (Å²) >= 11 is 3.46. The molecule has 1 aromatic carbocycles. The van der Waals surface area contributed by atoms with E-state index < -0.39 is 0 Å². The Morgan fingerprint density at radius 2 is 1.86 bits per heavy atom. The van der Waals surface area contributed by atoms with Crippen LogP contribution in [0.4, 0.5) is 0 Å². The highest BCUT2D eigenvalue weighted by Crippen LogP contribution is 2.22. The summed E-state index contributed by atoms with van der Waals surface area (Å²) < 4.78 is 0.905. The number of aromatic amines is 1. The van der Waals surface area contributed by atoms with Crippen molar-refractivity contribution in [3.8, 4) is 0 Å². The van der Waals surface area contributed by atoms with Gasteiger partial charge in [0.25, 0.3) is 11.5 Å². The molecule has 4 nitrogen and oxygen atoms in total. The van der Waals surface area contributed by atoms with E-state index >= 15 is 0 Å². The first-order chi connectivity index (χ1) is 10.3. The van der Waals surface area contributed by atoms with Gasteiger partial charge in [-0.25, -0.2) is 0 Å². The van der Waals surface area contributed by atoms with Gasteiger partial charge in [-0.05, 0) is 62.6 Å². The van der Waals surface area contributed by atoms with Crippen LogP contribution in [-0.2, 0) is 6.54 Å². The van der Waals surface area contributed by atoms with Gasteiger partial charge in [-0.3, -0.25) is 9.59 Å². The Labute approximate surface area is 138 Å². The fourth-order valence-corrected chi connectivity index (χ4v) is 2.99. The number of pyridine rings is 1. The zero-order valence-corrected chi connectivity index (χ0v) is 14.7. The summed E-state index contributed by atoms with van der Waals surface area (Å²) in [4.78, 5) is 27.1. The number of amides is 1. The molecule has 0 bridgehead atoms. The fourth-order valence-electron chi connectivity index (χ4n) is 2.42. The van der Waals surface area contributed by atoms with Gasteiger partial charge in [-0.2, -0.15) is 0 Å². The lowest BCUT2D eigenvalue weighted by Gasteiger charge is -2.11. The van der Waals surface area contributed by atoms with Crippen molar-refractivity contribution in [3.63, 3.8) is 0 Å². The van der Waals surface area contributed by atoms with Gasteiger partial charge in [-0.15, -0.1) is 0 Å². The molecule has 0 atom stereocenters. The largest absolute Gasteiger partial charge is 0.348 e. The van der Waals surface area contributed by atoms with Crippen molar-refractivity contribution < 1.29 is 4.79 Å². The minimum Gasteiger partial charge on any atom is -0.348 e. The van der Waals surface area contributed by atoms with Gasteiger partial charge in [0, 0.05) is 27.8 Å². The molecule has 116 valence electrons. The minimum atomic E-state index is -0.179. The van der Waals surface area contributed by atoms with Gasteiger partial charge in [0.2, 0.25) is 0 Å². The molecule has 2 rings (SSSR count). The molecule has 0 aliphatic heterocycles. The van der Waals surface area contributed by atoms with Crippen LogP contribution in [0.5, 0.6) is 0 Å². The van der Waals surface area contributed by atoms with Gasteiger partial charge in [0.15, 0.2) is 0 Å². The third-order valence-corrected chi connectivity index (χ3v) is 4.48. The van der Waals surface area contributed by atoms with Crippen LogP contribution in [0.2, 0.25) is 0 Å². The monoisotopic (exact) mass is 362 g/mol. The molecule has 1 amide bonds. The normalized spacial score (nSPS) is 10.6. The standard InChI is InChI=1S/C17H19BrN2O2/c1-9-5-13(12(4)15(18)6-9)16(21)19-8-14-10(2)7-11(3)20-17(14)22/h5-7H,8H2,1-4H3,(H,19,21)(H,20,22). The maximum Gasteiger partial charge on any atom is 0.253 e. The molecule has 0 aliphatic rings. The first-order valence-electron chi connectivity index (χ1n) is 7.04. The third-order valence-electron chi connectivity index (χ3n) is 3.65. The average molecular weight is 363 g/mol. The van der Waals surface area contributed by atoms with Crippen LogP contribution in [-0.4, -0.2) is 10.9 Å². The predicted molar refractivity (Wildman–Crippen MR) is 91.3 cm³/mol. The first kappa shape index (κ1) is 16.5. The maximum absolute atomic E-state index is 12.4. The smallest absolute Gasteiger partial charge is 0.253 e. The molecule has 0 spiro atoms. The van der Waals surface area contributed by atoms with Gasteiger partial charge in [-0.1, -0.05) is 15.9 Å². The lowest BCUT2D eigenvalue weighted by atomic mass is 10.0. The summed E-state index contributed by atoms with van der Waals surface area (Å²) in [6.45, 7) is 7.76. The van der Waals surface area contributed by atoms with E-state index in [1.54, 1.807) is 0 Å². The topological polar surface area (TPSA) is 62.0 Å². The molecule has 0 unspecified atom stereocenters. The van der Waals surface area contributed by atoms with Crippen molar-refractivity contribution in [2.75, 3.05) is 0 Å². The number of H-pyrrole nitrogens is 1. The Bertz CT molecular complexity index is 794. The Morgan fingerprint density at radius 1 is 1.18 bits per heavy atom. The summed E-state index contributed by atoms with van der Waals surface area (Å²) in [5.74, 6) is -0.179. The summed E-state index contributed by atoms with van der Waals surface area (Å²) in [5, 5.41) is 2.83. The molecule has 0 saturated carbocycles. The second-order valence-electron chi connectivity index (χ2n) is 5.55. The second kappa shape index (κ2) is 6.48. The van der Waals surface area contributed by atoms with Crippen molar-refractivity contribution >= 4 is 21.8 Å². The molecule has 2 aromatic rings. The first-order valence-corrected chi connectivity index (χ1v) is 7.83. The van der Waals surface area contributed by atoms with Crippen LogP contribution >= 0.6 is 15.9 Å². The number of benzene rings is 1. The molecule has 0 radical (unpaired) electrons. The molecule has 0 fully saturated rings. The van der Waals surface area contributed by atoms with Gasteiger partial charge < -0.3 is 10.3 Å². The molecule has 1 aromatic heterocycles. The number of hydrogen-bond donors (Lipinski definition) is 2. The van der Waals surface area contributed by atoms with E-state index in [4.69, 9.17) is 0 Å². The molecular formula is C17H19BrN2O2. The molecule has 5 heteroatoms. The van der Waals surface area contributed by atoms with Crippen LogP contribution < -0.4 is 10.9 Å². The molecule has 0 aliphatic carbocycles. The van der Waals surface area contributed by atoms with E-state index in [0.29, 0.717) is 11.1 Å². The molecule has 1 heterocycles. The molecule has 0 saturated heterocycles. The van der Waals surface area contributed by atoms with Crippen molar-refractivity contribution in [3.05, 3.63) is 66.5 Å². The third kappa shape index (κ3) is 3.47. The Hall–Kier alpha value is -1.88. The Balaban J connectivity index is 2.23. The lowest BCUT2D eigenvalue weighted by Crippen LogP contribution is -2.28. The van der Waals surface area contributed by atoms with E-state index in [2.05, 4.69) is 26.2 Å². The fraction of sp³-hybridized carbons (Fsp3) is 0.294. The second-order valence-corrected chi connectivity index (χ2v) is 6.40. The van der Waals surface area contributed by atoms with Crippen molar-refractivity contribution in [2.24, 2.45) is 0 Å². The lowest BCUT2D eigenvalue weighted by molar-refractivity contribution is 0.0950. The van der Waals surface area contributed by atoms with Crippen molar-refractivity contribution in [1.82, 2.24) is 10.3 Å². The predicted octanol–water partition coefficient (Wildman–Crippen LogP) is 3.30. The SMILES string of the molecule is Cc1cc(Br)c(C)c(C(=O)NCc2c(C)cc(C)[nH]c2=O)c1. The quantitative estimate of drug-likeness (QED) is 0.879. The van der Waals surface area contributed by atoms with E-state index in [0.717, 1.165) is 26.9 Å². The summed E-state index contributed by atoms with van der Waals surface area (Å²) in [7, 11) is 0. The van der Waals surface area contributed by atoms with Crippen LogP contribution in [0.3, 0.4) is 0 Å². The zero-order valence-electron chi connectivity index (χ0n) is 13.1. The number of nitrogens with one attached hydrogen (secondary N) is 2. The zero-order chi connectivity index (χ0) is 16.4. The Kier molecular flexibility index (Phi) is 4.86. The highest BCUT2D eigenvalue weighted by atomic mass is 79.9. The van der Waals surface area contributed by atoms with Crippen LogP contribution in [0.15, 0.2) is 27.5 Å². The summed E-state index contributed by atoms with van der Waals surface area (Å²) in [6.07, 6.45) is 0. The van der Waals surface area contributed by atoms with E-state index in [-0.39, 0.29) is 18.0 Å². The molecular weight excluding hydrogens is 344 g/mol. The molecule has 22 heavy (non-hydrogen) atoms. The van der Waals surface area contributed by atoms with E-state index in [1.165, 1.54) is 0 Å². The van der Waals surface area contributed by atoms with Crippen molar-refractivity contribution in [2.45, 2.75) is 34.2 Å². The summed E-state index contributed by atoms with van der Waals surface area (Å²) in [6, 6.07) is 5.72. The van der Waals surface area contributed by atoms with E-state index in [9.17, 15) is 9.59 Å².